The Morgan fingerprint density at radius 1 is 1.11 bits per heavy atom. The van der Waals surface area contributed by atoms with E-state index in [9.17, 15) is 22.8 Å². The zero-order valence-electron chi connectivity index (χ0n) is 26.6. The summed E-state index contributed by atoms with van der Waals surface area (Å²) >= 11 is 0. The van der Waals surface area contributed by atoms with Crippen LogP contribution < -0.4 is 25.4 Å². The van der Waals surface area contributed by atoms with E-state index in [0.717, 1.165) is 32.5 Å². The number of methoxy groups -OCH3 is 1. The SMILES string of the molecule is C/C=C/C(=O)c1c(CC)cccc1OC1=C(C(F)(F)F)CNC(Nc2ccc(C(=O)NC3CCN(CC)CC3)cc2OC)=CC=C1. The number of rotatable bonds is 11. The third-order valence-electron chi connectivity index (χ3n) is 7.99. The first kappa shape index (κ1) is 34.4. The van der Waals surface area contributed by atoms with Crippen molar-refractivity contribution in [1.82, 2.24) is 15.5 Å². The van der Waals surface area contributed by atoms with Crippen LogP contribution in [0.25, 0.3) is 0 Å². The first-order valence-corrected chi connectivity index (χ1v) is 15.4. The summed E-state index contributed by atoms with van der Waals surface area (Å²) in [5, 5.41) is 8.96. The Morgan fingerprint density at radius 3 is 2.52 bits per heavy atom. The van der Waals surface area contributed by atoms with Crippen LogP contribution >= 0.6 is 0 Å². The molecule has 0 atom stereocenters. The van der Waals surface area contributed by atoms with E-state index in [1.165, 1.54) is 31.4 Å². The van der Waals surface area contributed by atoms with Gasteiger partial charge in [0, 0.05) is 24.7 Å². The van der Waals surface area contributed by atoms with E-state index in [-0.39, 0.29) is 34.9 Å². The van der Waals surface area contributed by atoms with Gasteiger partial charge < -0.3 is 30.3 Å². The Hall–Kier alpha value is -4.51. The minimum Gasteiger partial charge on any atom is -0.495 e. The van der Waals surface area contributed by atoms with Crippen LogP contribution in [-0.4, -0.2) is 62.1 Å². The van der Waals surface area contributed by atoms with E-state index in [0.29, 0.717) is 29.0 Å². The number of carbonyl (C=O) groups is 2. The monoisotopic (exact) mass is 638 g/mol. The number of carbonyl (C=O) groups excluding carboxylic acids is 2. The summed E-state index contributed by atoms with van der Waals surface area (Å²) in [4.78, 5) is 28.1. The maximum absolute atomic E-state index is 14.3. The molecule has 0 aliphatic carbocycles. The lowest BCUT2D eigenvalue weighted by Gasteiger charge is -2.31. The predicted molar refractivity (Wildman–Crippen MR) is 173 cm³/mol. The Bertz CT molecular complexity index is 1540. The number of hydrogen-bond acceptors (Lipinski definition) is 7. The summed E-state index contributed by atoms with van der Waals surface area (Å²) < 4.78 is 54.4. The normalized spacial score (nSPS) is 16.4. The number of halogens is 3. The Balaban J connectivity index is 1.53. The summed E-state index contributed by atoms with van der Waals surface area (Å²) in [6, 6.07) is 9.88. The largest absolute Gasteiger partial charge is 0.495 e. The topological polar surface area (TPSA) is 91.9 Å². The summed E-state index contributed by atoms with van der Waals surface area (Å²) in [6.45, 7) is 7.92. The van der Waals surface area contributed by atoms with Gasteiger partial charge in [0.25, 0.3) is 5.91 Å². The zero-order chi connectivity index (χ0) is 33.3. The van der Waals surface area contributed by atoms with Gasteiger partial charge in [-0.2, -0.15) is 13.2 Å². The molecule has 0 spiro atoms. The maximum atomic E-state index is 14.3. The minimum atomic E-state index is -4.73. The number of anilines is 1. The van der Waals surface area contributed by atoms with Crippen molar-refractivity contribution in [2.75, 3.05) is 38.6 Å². The highest BCUT2D eigenvalue weighted by Crippen LogP contribution is 2.34. The fraction of sp³-hybridized carbons (Fsp3) is 0.371. The molecule has 3 N–H and O–H groups in total. The number of benzene rings is 2. The molecule has 2 aliphatic heterocycles. The van der Waals surface area contributed by atoms with Crippen LogP contribution in [0.3, 0.4) is 0 Å². The van der Waals surface area contributed by atoms with Crippen LogP contribution in [0.1, 0.15) is 59.9 Å². The third kappa shape index (κ3) is 8.60. The molecule has 2 aliphatic rings. The van der Waals surface area contributed by atoms with Gasteiger partial charge in [-0.3, -0.25) is 9.59 Å². The molecule has 8 nitrogen and oxygen atoms in total. The second kappa shape index (κ2) is 15.7. The van der Waals surface area contributed by atoms with Gasteiger partial charge in [0.15, 0.2) is 5.78 Å². The number of alkyl halides is 3. The van der Waals surface area contributed by atoms with Crippen LogP contribution in [0.15, 0.2) is 83.9 Å². The lowest BCUT2D eigenvalue weighted by molar-refractivity contribution is -0.0949. The molecular formula is C35H41F3N4O4. The van der Waals surface area contributed by atoms with E-state index in [4.69, 9.17) is 9.47 Å². The number of nitrogens with one attached hydrogen (secondary N) is 3. The van der Waals surface area contributed by atoms with Crippen LogP contribution in [0.5, 0.6) is 11.5 Å². The molecule has 46 heavy (non-hydrogen) atoms. The molecule has 2 aromatic rings. The molecule has 246 valence electrons. The van der Waals surface area contributed by atoms with Crippen molar-refractivity contribution in [3.8, 4) is 11.5 Å². The van der Waals surface area contributed by atoms with Crippen LogP contribution in [0.2, 0.25) is 0 Å². The summed E-state index contributed by atoms with van der Waals surface area (Å²) in [6.07, 6.45) is 4.68. The van der Waals surface area contributed by atoms with Crippen molar-refractivity contribution in [3.63, 3.8) is 0 Å². The van der Waals surface area contributed by atoms with E-state index in [1.807, 2.05) is 6.92 Å². The number of aryl methyl sites for hydroxylation is 1. The summed E-state index contributed by atoms with van der Waals surface area (Å²) in [5.74, 6) is -0.311. The van der Waals surface area contributed by atoms with E-state index < -0.39 is 24.1 Å². The lowest BCUT2D eigenvalue weighted by atomic mass is 10.00. The molecule has 0 aromatic heterocycles. The first-order valence-electron chi connectivity index (χ1n) is 15.4. The van der Waals surface area contributed by atoms with Crippen LogP contribution in [0, 0.1) is 0 Å². The van der Waals surface area contributed by atoms with Crippen molar-refractivity contribution in [2.24, 2.45) is 0 Å². The number of ketones is 1. The molecule has 1 fully saturated rings. The number of ether oxygens (including phenoxy) is 2. The fourth-order valence-electron chi connectivity index (χ4n) is 5.42. The molecule has 0 saturated carbocycles. The molecule has 1 amide bonds. The molecule has 0 bridgehead atoms. The van der Waals surface area contributed by atoms with E-state index >= 15 is 0 Å². The van der Waals surface area contributed by atoms with Gasteiger partial charge in [0.05, 0.1) is 30.5 Å². The van der Waals surface area contributed by atoms with Crippen molar-refractivity contribution in [1.29, 1.82) is 0 Å². The van der Waals surface area contributed by atoms with Gasteiger partial charge in [-0.15, -0.1) is 0 Å². The van der Waals surface area contributed by atoms with E-state index in [2.05, 4.69) is 27.8 Å². The maximum Gasteiger partial charge on any atom is 0.417 e. The van der Waals surface area contributed by atoms with Crippen molar-refractivity contribution < 1.29 is 32.2 Å². The predicted octanol–water partition coefficient (Wildman–Crippen LogP) is 6.54. The number of amides is 1. The van der Waals surface area contributed by atoms with Crippen LogP contribution in [0.4, 0.5) is 18.9 Å². The van der Waals surface area contributed by atoms with Gasteiger partial charge in [0.1, 0.15) is 23.1 Å². The number of piperidine rings is 1. The second-order valence-corrected chi connectivity index (χ2v) is 11.0. The lowest BCUT2D eigenvalue weighted by Crippen LogP contribution is -2.44. The average Bonchev–Trinajstić information content (AvgIpc) is 3.03. The average molecular weight is 639 g/mol. The van der Waals surface area contributed by atoms with Gasteiger partial charge in [0.2, 0.25) is 0 Å². The highest BCUT2D eigenvalue weighted by molar-refractivity contribution is 6.07. The Morgan fingerprint density at radius 2 is 1.87 bits per heavy atom. The van der Waals surface area contributed by atoms with Crippen molar-refractivity contribution in [2.45, 2.75) is 52.3 Å². The number of hydrogen-bond donors (Lipinski definition) is 3. The molecule has 2 aromatic carbocycles. The summed E-state index contributed by atoms with van der Waals surface area (Å²) in [7, 11) is 1.46. The molecule has 1 saturated heterocycles. The Labute approximate surface area is 268 Å². The highest BCUT2D eigenvalue weighted by atomic mass is 19.4. The zero-order valence-corrected chi connectivity index (χ0v) is 26.6. The summed E-state index contributed by atoms with van der Waals surface area (Å²) in [5.41, 5.74) is 0.823. The number of nitrogens with zero attached hydrogens (tertiary/aromatic N) is 1. The quantitative estimate of drug-likeness (QED) is 0.190. The van der Waals surface area contributed by atoms with Gasteiger partial charge in [-0.1, -0.05) is 38.1 Å². The molecule has 2 heterocycles. The van der Waals surface area contributed by atoms with Gasteiger partial charge >= 0.3 is 6.18 Å². The Kier molecular flexibility index (Phi) is 11.7. The van der Waals surface area contributed by atoms with E-state index in [1.54, 1.807) is 49.4 Å². The second-order valence-electron chi connectivity index (χ2n) is 11.0. The third-order valence-corrected chi connectivity index (χ3v) is 7.99. The number of allylic oxidation sites excluding steroid dienone is 5. The minimum absolute atomic E-state index is 0.0482. The molecule has 0 radical (unpaired) electrons. The van der Waals surface area contributed by atoms with Crippen molar-refractivity contribution >= 4 is 17.4 Å². The number of likely N-dealkylation sites (tertiary alicyclic amines) is 1. The molecular weight excluding hydrogens is 597 g/mol. The first-order chi connectivity index (χ1) is 22.1. The van der Waals surface area contributed by atoms with Gasteiger partial charge in [-0.05, 0) is 80.8 Å². The molecule has 0 unspecified atom stereocenters. The van der Waals surface area contributed by atoms with Crippen LogP contribution in [-0.2, 0) is 6.42 Å². The molecule has 4 rings (SSSR count). The van der Waals surface area contributed by atoms with Gasteiger partial charge in [-0.25, -0.2) is 0 Å². The fourth-order valence-corrected chi connectivity index (χ4v) is 5.42. The standard InChI is InChI=1S/C35H41F3N4O4/c1-5-10-28(43)33-23(6-2)11-8-13-30(33)46-29-12-9-14-32(39-22-26(29)35(36,37)38)41-27-16-15-24(21-31(27)45-4)34(44)40-25-17-19-42(7-3)20-18-25/h5,8-16,21,25,39,41H,6-7,17-20,22H2,1-4H3,(H,40,44)/b10-5+,12-9?,29-26?,32-14?. The highest BCUT2D eigenvalue weighted by Gasteiger charge is 2.37. The van der Waals surface area contributed by atoms with Crippen molar-refractivity contribution in [3.05, 3.63) is 101 Å². The smallest absolute Gasteiger partial charge is 0.417 e. The molecule has 11 heteroatoms.